The lowest BCUT2D eigenvalue weighted by atomic mass is 9.75. The molecule has 0 heterocycles. The third-order valence-corrected chi connectivity index (χ3v) is 30.6. The Bertz CT molecular complexity index is 2470. The molecule has 0 amide bonds. The van der Waals surface area contributed by atoms with Crippen LogP contribution in [0.2, 0.25) is 0 Å². The molecule has 0 spiro atoms. The van der Waals surface area contributed by atoms with Crippen LogP contribution >= 0.6 is 0 Å². The van der Waals surface area contributed by atoms with Crippen molar-refractivity contribution >= 4 is 0 Å². The van der Waals surface area contributed by atoms with Crippen LogP contribution in [0.15, 0.2) is 0 Å². The molecule has 870 valence electrons. The molecule has 0 aliphatic rings. The smallest absolute Gasteiger partial charge is 0.0351 e. The van der Waals surface area contributed by atoms with E-state index in [0.29, 0.717) is 75.8 Å². The van der Waals surface area contributed by atoms with E-state index in [2.05, 4.69) is 381 Å². The van der Waals surface area contributed by atoms with Crippen LogP contribution in [0.4, 0.5) is 0 Å². The van der Waals surface area contributed by atoms with E-state index in [9.17, 15) is 0 Å². The van der Waals surface area contributed by atoms with E-state index in [4.69, 9.17) is 0 Å². The Labute approximate surface area is 914 Å². The molecule has 0 fully saturated rings. The fourth-order valence-corrected chi connectivity index (χ4v) is 19.5. The monoisotopic (exact) mass is 2010 g/mol. The van der Waals surface area contributed by atoms with E-state index in [1.54, 1.807) is 0 Å². The highest BCUT2D eigenvalue weighted by atomic mass is 14.3. The second-order valence-electron chi connectivity index (χ2n) is 65.3. The van der Waals surface area contributed by atoms with Gasteiger partial charge in [0.25, 0.3) is 0 Å². The maximum absolute atomic E-state index is 2.44. The normalized spacial score (nSPS) is 14.5. The molecule has 8 unspecified atom stereocenters. The summed E-state index contributed by atoms with van der Waals surface area (Å²) >= 11 is 0. The van der Waals surface area contributed by atoms with Crippen LogP contribution < -0.4 is 0 Å². The lowest BCUT2D eigenvalue weighted by molar-refractivity contribution is 0.208. The molecule has 0 aromatic heterocycles. The Morgan fingerprint density at radius 2 is 0.401 bits per heavy atom. The fraction of sp³-hybridized carbons (Fsp3) is 1.00. The quantitative estimate of drug-likeness (QED) is 0.0533. The molecule has 0 N–H and O–H groups in total. The van der Waals surface area contributed by atoms with Gasteiger partial charge in [-0.25, -0.2) is 0 Å². The maximum atomic E-state index is 2.44. The highest BCUT2D eigenvalue weighted by Crippen LogP contribution is 2.41. The van der Waals surface area contributed by atoms with Gasteiger partial charge in [-0.3, -0.25) is 0 Å². The van der Waals surface area contributed by atoms with E-state index in [-0.39, 0.29) is 0 Å². The zero-order valence-electron chi connectivity index (χ0n) is 112. The van der Waals surface area contributed by atoms with Crippen LogP contribution in [0.3, 0.4) is 0 Å². The van der Waals surface area contributed by atoms with E-state index >= 15 is 0 Å². The minimum absolute atomic E-state index is 0.491. The third kappa shape index (κ3) is 158. The van der Waals surface area contributed by atoms with Crippen LogP contribution in [0, 0.1) is 129 Å². The van der Waals surface area contributed by atoms with Crippen LogP contribution in [0.1, 0.15) is 792 Å². The average molecular weight is 2010 g/mol. The molecule has 0 aromatic carbocycles. The molecular weight excluding hydrogens is 1710 g/mol. The van der Waals surface area contributed by atoms with Gasteiger partial charge in [-0.2, -0.15) is 0 Å². The predicted molar refractivity (Wildman–Crippen MR) is 673 cm³/mol. The first-order valence-electron chi connectivity index (χ1n) is 64.5. The van der Waals surface area contributed by atoms with Crippen LogP contribution in [0.5, 0.6) is 0 Å². The minimum atomic E-state index is 0.491. The van der Waals surface area contributed by atoms with Crippen molar-refractivity contribution in [3.63, 3.8) is 0 Å². The minimum Gasteiger partial charge on any atom is -0.0654 e. The number of rotatable bonds is 67. The second kappa shape index (κ2) is 90.2. The number of unbranched alkanes of at least 4 members (excludes halogenated alkanes) is 25. The van der Waals surface area contributed by atoms with Gasteiger partial charge in [-0.05, 0) is 257 Å². The predicted octanol–water partition coefficient (Wildman–Crippen LogP) is 54.3. The van der Waals surface area contributed by atoms with Crippen LogP contribution in [-0.4, -0.2) is 0 Å². The summed E-state index contributed by atoms with van der Waals surface area (Å²) in [5.74, 6) is 8.20. The summed E-state index contributed by atoms with van der Waals surface area (Å²) in [4.78, 5) is 0. The van der Waals surface area contributed by atoms with Gasteiger partial charge in [0.15, 0.2) is 0 Å². The lowest BCUT2D eigenvalue weighted by Crippen LogP contribution is -2.19. The number of hydrogen-bond donors (Lipinski definition) is 0. The van der Waals surface area contributed by atoms with E-state index < -0.39 is 0 Å². The van der Waals surface area contributed by atoms with Crippen molar-refractivity contribution in [1.82, 2.24) is 0 Å². The molecule has 0 heteroatoms. The standard InChI is InChI=1S/3C18H38.C17H36.2C15H32.2C14H30.C13H28/c1-17(2,3)15-13-11-9-7-8-10-12-14-16-18(4,5)6;1-7-8-9-11-16(2)12-10-13-17(3)14-15-18(4,5)6;1-6-8-9-10-11-12-13-14-17(7-2)15-16-18(3,4)5;1-16(2)14-12-10-8-6-7-9-11-13-15-17(3,4)5;1-8-12(2)11-14(4)13(3)9-10-15(5,6)7;1-8-9-13(2)12-15(6,7)11-10-14(3,4)5;1-7-8-11-14(5,6)12-9-10-13(2,3)4;1-7-8-9-10-14(5,6)12-11-13(2,3)4;1-11(10-13(5,6)7)8-9-12(2,3)4/h7-16H2,1-6H3;16-17H,7-15H2,1-6H3;17H,6-16H2,1-5H3;16H,6-15H2,1-5H3;12-14H,8-11H2,1-7H3;13H,8-12H2,1-7H3;2*7-12H2,1-6H3;11H,8-10H2,1-7H3. The number of hydrogen-bond acceptors (Lipinski definition) is 0. The molecule has 0 saturated carbocycles. The summed E-state index contributed by atoms with van der Waals surface area (Å²) in [5.41, 5.74) is 7.32. The zero-order valence-corrected chi connectivity index (χ0v) is 112. The Morgan fingerprint density at radius 1 is 0.141 bits per heavy atom. The van der Waals surface area contributed by atoms with Crippen molar-refractivity contribution in [2.24, 2.45) is 129 Å². The molecule has 0 saturated heterocycles. The van der Waals surface area contributed by atoms with Crippen molar-refractivity contribution in [3.05, 3.63) is 0 Å². The van der Waals surface area contributed by atoms with Crippen molar-refractivity contribution in [2.45, 2.75) is 792 Å². The highest BCUT2D eigenvalue weighted by Gasteiger charge is 2.27. The Morgan fingerprint density at radius 3 is 0.746 bits per heavy atom. The summed E-state index contributed by atoms with van der Waals surface area (Å²) in [5, 5.41) is 0. The van der Waals surface area contributed by atoms with Crippen molar-refractivity contribution in [2.75, 3.05) is 0 Å². The van der Waals surface area contributed by atoms with Gasteiger partial charge in [-0.1, -0.05) is 663 Å². The molecule has 0 aromatic rings. The van der Waals surface area contributed by atoms with Crippen LogP contribution in [0.25, 0.3) is 0 Å². The summed E-state index contributed by atoms with van der Waals surface area (Å²) in [6.07, 6.45) is 90.3. The zero-order chi connectivity index (χ0) is 112. The molecule has 0 radical (unpaired) electrons. The molecular formula is C142H302. The fourth-order valence-electron chi connectivity index (χ4n) is 19.5. The van der Waals surface area contributed by atoms with Gasteiger partial charge >= 0.3 is 0 Å². The first-order chi connectivity index (χ1) is 64.5. The van der Waals surface area contributed by atoms with Crippen molar-refractivity contribution < 1.29 is 0 Å². The summed E-state index contributed by atoms with van der Waals surface area (Å²) in [7, 11) is 0. The van der Waals surface area contributed by atoms with Gasteiger partial charge in [-0.15, -0.1) is 0 Å². The molecule has 0 aliphatic carbocycles. The Kier molecular flexibility index (Phi) is 101. The maximum Gasteiger partial charge on any atom is -0.0351 e. The van der Waals surface area contributed by atoms with E-state index in [0.717, 1.165) is 53.3 Å². The largest absolute Gasteiger partial charge is 0.0654 e. The van der Waals surface area contributed by atoms with Gasteiger partial charge in [0.05, 0.1) is 0 Å². The van der Waals surface area contributed by atoms with Gasteiger partial charge in [0, 0.05) is 0 Å². The van der Waals surface area contributed by atoms with Gasteiger partial charge < -0.3 is 0 Å². The Hall–Kier alpha value is 0. The molecule has 0 rings (SSSR count). The van der Waals surface area contributed by atoms with Gasteiger partial charge in [0.2, 0.25) is 0 Å². The van der Waals surface area contributed by atoms with Crippen molar-refractivity contribution in [1.29, 1.82) is 0 Å². The third-order valence-electron chi connectivity index (χ3n) is 30.6. The van der Waals surface area contributed by atoms with Crippen LogP contribution in [-0.2, 0) is 0 Å². The van der Waals surface area contributed by atoms with Gasteiger partial charge in [0.1, 0.15) is 0 Å². The molecule has 0 bridgehead atoms. The summed E-state index contributed by atoms with van der Waals surface area (Å²) in [6.45, 7) is 130. The van der Waals surface area contributed by atoms with Crippen molar-refractivity contribution in [3.8, 4) is 0 Å². The first kappa shape index (κ1) is 160. The molecule has 0 aliphatic heterocycles. The second-order valence-corrected chi connectivity index (χ2v) is 65.3. The summed E-state index contributed by atoms with van der Waals surface area (Å²) in [6, 6.07) is 0. The van der Waals surface area contributed by atoms with E-state index in [1.807, 2.05) is 0 Å². The Balaban J connectivity index is -0.000000201. The topological polar surface area (TPSA) is 0 Å². The average Bonchev–Trinajstić information content (AvgIpc) is 0.876. The summed E-state index contributed by atoms with van der Waals surface area (Å²) < 4.78 is 0. The molecule has 0 nitrogen and oxygen atoms in total. The SMILES string of the molecule is CC(C)(C)CCCCCCCCCCC(C)(C)C.CC(C)CCCCCCCCCCC(C)(C)C.CC(CCC(C)(C)C)CC(C)(C)C.CCC(C)CC(C)C(C)CCC(C)(C)C.CCCC(C)CC(C)(C)CCC(C)(C)C.CCCCC(C)(C)CCCC(C)(C)C.CCCCCC(C)(C)CCC(C)(C)C.CCCCCC(C)CCCC(C)CCC(C)(C)C.CCCCCCCCCC(CC)CCC(C)(C)C. The molecule has 8 atom stereocenters. The first-order valence-corrected chi connectivity index (χ1v) is 64.5. The lowest BCUT2D eigenvalue weighted by Gasteiger charge is -2.31. The highest BCUT2D eigenvalue weighted by molar-refractivity contribution is 4.79. The molecule has 142 heavy (non-hydrogen) atoms. The van der Waals surface area contributed by atoms with E-state index in [1.165, 1.54) is 411 Å².